The summed E-state index contributed by atoms with van der Waals surface area (Å²) in [5.74, 6) is -0.137. The quantitative estimate of drug-likeness (QED) is 0.266. The topological polar surface area (TPSA) is 38.8 Å². The van der Waals surface area contributed by atoms with Gasteiger partial charge in [0, 0.05) is 51.0 Å². The number of benzene rings is 3. The number of alkyl halides is 9. The fourth-order valence-electron chi connectivity index (χ4n) is 6.16. The summed E-state index contributed by atoms with van der Waals surface area (Å²) >= 11 is 0. The van der Waals surface area contributed by atoms with Gasteiger partial charge in [0.25, 0.3) is 0 Å². The van der Waals surface area contributed by atoms with Gasteiger partial charge in [0.05, 0.1) is 22.7 Å². The van der Waals surface area contributed by atoms with Gasteiger partial charge in [0.1, 0.15) is 0 Å². The lowest BCUT2D eigenvalue weighted by Gasteiger charge is -2.38. The molecule has 2 atom stereocenters. The van der Waals surface area contributed by atoms with Gasteiger partial charge in [-0.05, 0) is 66.9 Å². The van der Waals surface area contributed by atoms with Crippen molar-refractivity contribution >= 4 is 11.6 Å². The normalized spacial score (nSPS) is 19.8. The van der Waals surface area contributed by atoms with Gasteiger partial charge in [-0.15, -0.1) is 0 Å². The first kappa shape index (κ1) is 34.6. The van der Waals surface area contributed by atoms with Gasteiger partial charge < -0.3 is 15.1 Å². The average molecular weight is 673 g/mol. The minimum absolute atomic E-state index is 0.0850. The molecule has 254 valence electrons. The maximum Gasteiger partial charge on any atom is 0.416 e. The molecule has 0 radical (unpaired) electrons. The molecule has 5 nitrogen and oxygen atoms in total. The second kappa shape index (κ2) is 13.8. The van der Waals surface area contributed by atoms with Crippen LogP contribution in [0.2, 0.25) is 0 Å². The fourth-order valence-corrected chi connectivity index (χ4v) is 6.16. The van der Waals surface area contributed by atoms with Crippen molar-refractivity contribution in [3.63, 3.8) is 0 Å². The van der Waals surface area contributed by atoms with Gasteiger partial charge in [-0.2, -0.15) is 39.5 Å². The Morgan fingerprint density at radius 2 is 1.32 bits per heavy atom. The molecular weight excluding hydrogens is 639 g/mol. The van der Waals surface area contributed by atoms with Crippen LogP contribution >= 0.6 is 0 Å². The monoisotopic (exact) mass is 672 g/mol. The van der Waals surface area contributed by atoms with Crippen LogP contribution in [0.25, 0.3) is 0 Å². The van der Waals surface area contributed by atoms with Gasteiger partial charge in [-0.25, -0.2) is 0 Å². The number of likely N-dealkylation sites (tertiary alicyclic amines) is 1. The van der Waals surface area contributed by atoms with Crippen LogP contribution in [0.3, 0.4) is 0 Å². The van der Waals surface area contributed by atoms with E-state index in [1.807, 2.05) is 35.2 Å². The SMILES string of the molecule is O=C([C@@H]1C[C@H](NCCc2cc(C(F)(F)F)cc(C(F)(F)F)c2)CN1Cc1ccccc1)N1CCN(c2cccc(C(F)(F)F)c2)CC1. The first-order chi connectivity index (χ1) is 22.1. The summed E-state index contributed by atoms with van der Waals surface area (Å²) in [6, 6.07) is 15.2. The number of hydrogen-bond donors (Lipinski definition) is 1. The maximum atomic E-state index is 13.8. The first-order valence-electron chi connectivity index (χ1n) is 15.1. The number of carbonyl (C=O) groups is 1. The van der Waals surface area contributed by atoms with Crippen LogP contribution < -0.4 is 10.2 Å². The van der Waals surface area contributed by atoms with Crippen molar-refractivity contribution in [3.05, 3.63) is 101 Å². The summed E-state index contributed by atoms with van der Waals surface area (Å²) in [6.45, 7) is 2.26. The Labute approximate surface area is 265 Å². The Bertz CT molecular complexity index is 1480. The highest BCUT2D eigenvalue weighted by atomic mass is 19.4. The van der Waals surface area contributed by atoms with Crippen LogP contribution in [0, 0.1) is 0 Å². The van der Waals surface area contributed by atoms with Crippen LogP contribution in [0.4, 0.5) is 45.2 Å². The predicted octanol–water partition coefficient (Wildman–Crippen LogP) is 6.87. The summed E-state index contributed by atoms with van der Waals surface area (Å²) in [7, 11) is 0. The van der Waals surface area contributed by atoms with Crippen LogP contribution in [0.15, 0.2) is 72.8 Å². The maximum absolute atomic E-state index is 13.8. The number of amides is 1. The van der Waals surface area contributed by atoms with Gasteiger partial charge in [-0.1, -0.05) is 36.4 Å². The van der Waals surface area contributed by atoms with E-state index in [2.05, 4.69) is 5.32 Å². The third-order valence-corrected chi connectivity index (χ3v) is 8.54. The summed E-state index contributed by atoms with van der Waals surface area (Å²) in [5.41, 5.74) is -2.20. The van der Waals surface area contributed by atoms with Gasteiger partial charge in [-0.3, -0.25) is 9.69 Å². The minimum atomic E-state index is -4.93. The number of carbonyl (C=O) groups excluding carboxylic acids is 1. The third-order valence-electron chi connectivity index (χ3n) is 8.54. The molecule has 1 amide bonds. The highest BCUT2D eigenvalue weighted by Gasteiger charge is 2.40. The van der Waals surface area contributed by atoms with Crippen molar-refractivity contribution < 1.29 is 44.3 Å². The summed E-state index contributed by atoms with van der Waals surface area (Å²) in [5, 5.41) is 3.22. The standard InChI is InChI=1S/C33H33F9N4O/c34-31(35,36)24-7-4-8-28(18-24)44-11-13-45(14-12-44)30(47)29-19-27(21-46(29)20-22-5-2-1-3-6-22)43-10-9-23-15-25(32(37,38)39)17-26(16-23)33(40,41)42/h1-8,15-18,27,29,43H,9-14,19-21H2/t27-,29-/m0/s1. The van der Waals surface area contributed by atoms with E-state index >= 15 is 0 Å². The number of halogens is 9. The van der Waals surface area contributed by atoms with E-state index in [0.717, 1.165) is 29.8 Å². The van der Waals surface area contributed by atoms with Gasteiger partial charge >= 0.3 is 18.5 Å². The molecule has 0 unspecified atom stereocenters. The summed E-state index contributed by atoms with van der Waals surface area (Å²) in [6.07, 6.45) is -14.0. The van der Waals surface area contributed by atoms with Gasteiger partial charge in [0.15, 0.2) is 0 Å². The lowest BCUT2D eigenvalue weighted by atomic mass is 10.0. The lowest BCUT2D eigenvalue weighted by molar-refractivity contribution is -0.143. The molecule has 5 rings (SSSR count). The lowest BCUT2D eigenvalue weighted by Crippen LogP contribution is -2.53. The second-order valence-electron chi connectivity index (χ2n) is 11.8. The molecule has 47 heavy (non-hydrogen) atoms. The Morgan fingerprint density at radius 3 is 1.91 bits per heavy atom. The highest BCUT2D eigenvalue weighted by Crippen LogP contribution is 2.37. The molecule has 2 aliphatic heterocycles. The molecule has 0 aliphatic carbocycles. The van der Waals surface area contributed by atoms with Crippen LogP contribution in [0.1, 0.15) is 34.2 Å². The van der Waals surface area contributed by atoms with E-state index in [0.29, 0.717) is 51.4 Å². The summed E-state index contributed by atoms with van der Waals surface area (Å²) < 4.78 is 119. The molecule has 0 saturated carbocycles. The Kier molecular flexibility index (Phi) is 10.1. The molecule has 2 aliphatic rings. The predicted molar refractivity (Wildman–Crippen MR) is 157 cm³/mol. The van der Waals surface area contributed by atoms with Crippen molar-refractivity contribution in [2.75, 3.05) is 44.2 Å². The number of hydrogen-bond acceptors (Lipinski definition) is 4. The molecule has 2 heterocycles. The van der Waals surface area contributed by atoms with Crippen molar-refractivity contribution in [2.45, 2.75) is 50.0 Å². The Morgan fingerprint density at radius 1 is 0.702 bits per heavy atom. The van der Waals surface area contributed by atoms with Crippen molar-refractivity contribution in [2.24, 2.45) is 0 Å². The number of piperazine rings is 1. The second-order valence-corrected chi connectivity index (χ2v) is 11.8. The molecular formula is C33H33F9N4O. The number of nitrogens with zero attached hydrogens (tertiary/aromatic N) is 3. The molecule has 2 fully saturated rings. The molecule has 14 heteroatoms. The van der Waals surface area contributed by atoms with E-state index in [4.69, 9.17) is 0 Å². The number of rotatable bonds is 8. The fraction of sp³-hybridized carbons (Fsp3) is 0.424. The van der Waals surface area contributed by atoms with Crippen molar-refractivity contribution in [1.82, 2.24) is 15.1 Å². The van der Waals surface area contributed by atoms with Crippen LogP contribution in [-0.4, -0.2) is 67.1 Å². The largest absolute Gasteiger partial charge is 0.416 e. The van der Waals surface area contributed by atoms with Crippen molar-refractivity contribution in [1.29, 1.82) is 0 Å². The van der Waals surface area contributed by atoms with E-state index in [9.17, 15) is 44.3 Å². The molecule has 2 saturated heterocycles. The number of anilines is 1. The van der Waals surface area contributed by atoms with E-state index in [1.54, 1.807) is 15.9 Å². The van der Waals surface area contributed by atoms with Crippen LogP contribution in [0.5, 0.6) is 0 Å². The molecule has 3 aromatic rings. The van der Waals surface area contributed by atoms with E-state index in [-0.39, 0.29) is 36.5 Å². The number of nitrogens with one attached hydrogen (secondary N) is 1. The highest BCUT2D eigenvalue weighted by molar-refractivity contribution is 5.82. The Hall–Kier alpha value is -3.78. The Balaban J connectivity index is 1.24. The average Bonchev–Trinajstić information content (AvgIpc) is 3.42. The molecule has 0 bridgehead atoms. The zero-order chi connectivity index (χ0) is 34.0. The molecule has 1 N–H and O–H groups in total. The smallest absolute Gasteiger partial charge is 0.368 e. The molecule has 0 spiro atoms. The zero-order valence-electron chi connectivity index (χ0n) is 25.1. The van der Waals surface area contributed by atoms with Gasteiger partial charge in [0.2, 0.25) is 5.91 Å². The summed E-state index contributed by atoms with van der Waals surface area (Å²) in [4.78, 5) is 19.3. The first-order valence-corrected chi connectivity index (χ1v) is 15.1. The van der Waals surface area contributed by atoms with E-state index < -0.39 is 41.3 Å². The van der Waals surface area contributed by atoms with E-state index in [1.165, 1.54) is 6.07 Å². The minimum Gasteiger partial charge on any atom is -0.368 e. The molecule has 3 aromatic carbocycles. The van der Waals surface area contributed by atoms with Crippen LogP contribution in [-0.2, 0) is 36.3 Å². The van der Waals surface area contributed by atoms with Crippen molar-refractivity contribution in [3.8, 4) is 0 Å². The zero-order valence-corrected chi connectivity index (χ0v) is 25.1. The molecule has 0 aromatic heterocycles. The third kappa shape index (κ3) is 8.78.